The molecule has 0 spiro atoms. The van der Waals surface area contributed by atoms with Crippen molar-refractivity contribution in [3.63, 3.8) is 0 Å². The van der Waals surface area contributed by atoms with E-state index in [-0.39, 0.29) is 23.6 Å². The molecule has 11 heteroatoms. The van der Waals surface area contributed by atoms with Gasteiger partial charge in [-0.15, -0.1) is 11.8 Å². The van der Waals surface area contributed by atoms with Gasteiger partial charge in [0.15, 0.2) is 12.4 Å². The number of carbonyl (C=O) groups excluding carboxylic acids is 4. The molecule has 0 saturated carbocycles. The Morgan fingerprint density at radius 1 is 1.16 bits per heavy atom. The van der Waals surface area contributed by atoms with E-state index >= 15 is 0 Å². The Hall–Kier alpha value is -3.34. The van der Waals surface area contributed by atoms with Crippen molar-refractivity contribution in [3.8, 4) is 0 Å². The molecule has 7 nitrogen and oxygen atoms in total. The summed E-state index contributed by atoms with van der Waals surface area (Å²) in [4.78, 5) is 48.3. The quantitative estimate of drug-likeness (QED) is 0.495. The lowest BCUT2D eigenvalue weighted by molar-refractivity contribution is -0.147. The highest BCUT2D eigenvalue weighted by molar-refractivity contribution is 8.01. The van der Waals surface area contributed by atoms with Gasteiger partial charge in [0.2, 0.25) is 5.91 Å². The Bertz CT molecular complexity index is 1090. The first-order valence-corrected chi connectivity index (χ1v) is 10.2. The predicted molar refractivity (Wildman–Crippen MR) is 110 cm³/mol. The number of ether oxygens (including phenoxy) is 1. The molecule has 168 valence electrons. The number of Topliss-reactive ketones (excluding diaryl/α,β-unsaturated/α-hetero) is 1. The third kappa shape index (κ3) is 5.67. The van der Waals surface area contributed by atoms with Gasteiger partial charge in [-0.25, -0.2) is 0 Å². The van der Waals surface area contributed by atoms with Crippen LogP contribution < -0.4 is 10.6 Å². The van der Waals surface area contributed by atoms with Crippen LogP contribution in [-0.2, 0) is 25.3 Å². The van der Waals surface area contributed by atoms with Gasteiger partial charge in [-0.2, -0.15) is 13.2 Å². The topological polar surface area (TPSA) is 102 Å². The Morgan fingerprint density at radius 2 is 1.88 bits per heavy atom. The molecule has 1 aliphatic rings. The van der Waals surface area contributed by atoms with Crippen molar-refractivity contribution in [1.29, 1.82) is 0 Å². The van der Waals surface area contributed by atoms with Crippen LogP contribution in [0.1, 0.15) is 29.3 Å². The highest BCUT2D eigenvalue weighted by Gasteiger charge is 2.34. The van der Waals surface area contributed by atoms with Crippen LogP contribution in [-0.4, -0.2) is 35.4 Å². The summed E-state index contributed by atoms with van der Waals surface area (Å²) in [6.45, 7) is 0.718. The molecule has 2 N–H and O–H groups in total. The maximum atomic E-state index is 12.8. The summed E-state index contributed by atoms with van der Waals surface area (Å²) in [5.74, 6) is -2.39. The van der Waals surface area contributed by atoms with Crippen LogP contribution in [0, 0.1) is 0 Å². The predicted octanol–water partition coefficient (Wildman–Crippen LogP) is 3.89. The highest BCUT2D eigenvalue weighted by Crippen LogP contribution is 2.40. The molecule has 0 fully saturated rings. The van der Waals surface area contributed by atoms with E-state index < -0.39 is 41.4 Å². The second-order valence-corrected chi connectivity index (χ2v) is 8.06. The molecule has 0 aromatic heterocycles. The molecule has 3 rings (SSSR count). The van der Waals surface area contributed by atoms with Gasteiger partial charge in [0, 0.05) is 10.5 Å². The van der Waals surface area contributed by atoms with Crippen LogP contribution in [0.4, 0.5) is 24.5 Å². The Kier molecular flexibility index (Phi) is 6.87. The molecule has 1 heterocycles. The van der Waals surface area contributed by atoms with Crippen molar-refractivity contribution < 1.29 is 37.1 Å². The standard InChI is InChI=1S/C21H17F3N2O5S/c1-11(27)13-4-2-3-5-14(13)25-18(28)10-31-19(29)9-17-20(30)26-15-8-12(21(22,23)24)6-7-16(15)32-17/h2-8,17H,9-10H2,1H3,(H,25,28)(H,26,30)/t17-/m0/s1. The molecule has 0 radical (unpaired) electrons. The number of nitrogens with one attached hydrogen (secondary N) is 2. The summed E-state index contributed by atoms with van der Waals surface area (Å²) in [5, 5.41) is 3.92. The minimum absolute atomic E-state index is 0.0166. The Labute approximate surface area is 184 Å². The largest absolute Gasteiger partial charge is 0.456 e. The zero-order valence-electron chi connectivity index (χ0n) is 16.6. The fraction of sp³-hybridized carbons (Fsp3) is 0.238. The molecule has 0 bridgehead atoms. The lowest BCUT2D eigenvalue weighted by atomic mass is 10.1. The number of amides is 2. The lowest BCUT2D eigenvalue weighted by Crippen LogP contribution is -2.32. The molecule has 2 aromatic rings. The number of alkyl halides is 3. The first-order valence-electron chi connectivity index (χ1n) is 9.29. The Morgan fingerprint density at radius 3 is 2.56 bits per heavy atom. The summed E-state index contributed by atoms with van der Waals surface area (Å²) >= 11 is 0.937. The van der Waals surface area contributed by atoms with Gasteiger partial charge < -0.3 is 15.4 Å². The third-order valence-corrected chi connectivity index (χ3v) is 5.70. The number of para-hydroxylation sites is 1. The molecule has 0 aliphatic carbocycles. The van der Waals surface area contributed by atoms with Crippen molar-refractivity contribution in [3.05, 3.63) is 53.6 Å². The second kappa shape index (κ2) is 9.43. The van der Waals surface area contributed by atoms with Gasteiger partial charge in [0.1, 0.15) is 0 Å². The maximum absolute atomic E-state index is 12.8. The van der Waals surface area contributed by atoms with Gasteiger partial charge in [0.25, 0.3) is 5.91 Å². The third-order valence-electron chi connectivity index (χ3n) is 4.42. The molecule has 1 aliphatic heterocycles. The molecule has 0 saturated heterocycles. The number of halogens is 3. The lowest BCUT2D eigenvalue weighted by Gasteiger charge is -2.24. The summed E-state index contributed by atoms with van der Waals surface area (Å²) in [6, 6.07) is 9.28. The number of carbonyl (C=O) groups is 4. The highest BCUT2D eigenvalue weighted by atomic mass is 32.2. The summed E-state index contributed by atoms with van der Waals surface area (Å²) in [6.07, 6.45) is -4.93. The molecular formula is C21H17F3N2O5S. The van der Waals surface area contributed by atoms with E-state index in [1.165, 1.54) is 19.1 Å². The first kappa shape index (κ1) is 23.3. The fourth-order valence-electron chi connectivity index (χ4n) is 2.90. The number of ketones is 1. The first-order chi connectivity index (χ1) is 15.0. The van der Waals surface area contributed by atoms with Crippen LogP contribution >= 0.6 is 11.8 Å². The molecular weight excluding hydrogens is 449 g/mol. The second-order valence-electron chi connectivity index (χ2n) is 6.82. The summed E-state index contributed by atoms with van der Waals surface area (Å²) < 4.78 is 43.4. The molecule has 2 amide bonds. The van der Waals surface area contributed by atoms with E-state index in [9.17, 15) is 32.3 Å². The average molecular weight is 466 g/mol. The molecule has 2 aromatic carbocycles. The number of benzene rings is 2. The fourth-order valence-corrected chi connectivity index (χ4v) is 3.98. The smallest absolute Gasteiger partial charge is 0.416 e. The zero-order chi connectivity index (χ0) is 23.5. The van der Waals surface area contributed by atoms with Gasteiger partial charge in [-0.05, 0) is 37.3 Å². The SMILES string of the molecule is CC(=O)c1ccccc1NC(=O)COC(=O)C[C@@H]1Sc2ccc(C(F)(F)F)cc2NC1=O. The number of anilines is 2. The normalized spacial score (nSPS) is 15.4. The monoisotopic (exact) mass is 466 g/mol. The number of thioether (sulfide) groups is 1. The van der Waals surface area contributed by atoms with Gasteiger partial charge >= 0.3 is 12.1 Å². The van der Waals surface area contributed by atoms with Crippen molar-refractivity contribution in [2.24, 2.45) is 0 Å². The number of fused-ring (bicyclic) bond motifs is 1. The van der Waals surface area contributed by atoms with Crippen molar-refractivity contribution in [2.75, 3.05) is 17.2 Å². The van der Waals surface area contributed by atoms with Crippen LogP contribution in [0.2, 0.25) is 0 Å². The van der Waals surface area contributed by atoms with E-state index in [0.717, 1.165) is 23.9 Å². The van der Waals surface area contributed by atoms with Gasteiger partial charge in [0.05, 0.1) is 28.6 Å². The van der Waals surface area contributed by atoms with Crippen LogP contribution in [0.5, 0.6) is 0 Å². The van der Waals surface area contributed by atoms with E-state index in [4.69, 9.17) is 4.74 Å². The van der Waals surface area contributed by atoms with Crippen LogP contribution in [0.3, 0.4) is 0 Å². The minimum atomic E-state index is -4.55. The van der Waals surface area contributed by atoms with Crippen molar-refractivity contribution >= 4 is 46.7 Å². The van der Waals surface area contributed by atoms with Crippen LogP contribution in [0.25, 0.3) is 0 Å². The number of hydrogen-bond acceptors (Lipinski definition) is 6. The Balaban J connectivity index is 1.55. The minimum Gasteiger partial charge on any atom is -0.456 e. The number of hydrogen-bond donors (Lipinski definition) is 2. The van der Waals surface area contributed by atoms with Crippen LogP contribution in [0.15, 0.2) is 47.4 Å². The zero-order valence-corrected chi connectivity index (χ0v) is 17.4. The van der Waals surface area contributed by atoms with E-state index in [2.05, 4.69) is 10.6 Å². The van der Waals surface area contributed by atoms with E-state index in [0.29, 0.717) is 10.5 Å². The number of rotatable bonds is 6. The molecule has 1 atom stereocenters. The molecule has 32 heavy (non-hydrogen) atoms. The summed E-state index contributed by atoms with van der Waals surface area (Å²) in [5.41, 5.74) is -0.303. The van der Waals surface area contributed by atoms with Crippen molar-refractivity contribution in [2.45, 2.75) is 29.7 Å². The van der Waals surface area contributed by atoms with Gasteiger partial charge in [-0.3, -0.25) is 19.2 Å². The maximum Gasteiger partial charge on any atom is 0.416 e. The van der Waals surface area contributed by atoms with Crippen molar-refractivity contribution in [1.82, 2.24) is 0 Å². The van der Waals surface area contributed by atoms with Gasteiger partial charge in [-0.1, -0.05) is 12.1 Å². The number of esters is 1. The summed E-state index contributed by atoms with van der Waals surface area (Å²) in [7, 11) is 0. The average Bonchev–Trinajstić information content (AvgIpc) is 2.72. The molecule has 0 unspecified atom stereocenters. The van der Waals surface area contributed by atoms with E-state index in [1.807, 2.05) is 0 Å². The van der Waals surface area contributed by atoms with E-state index in [1.54, 1.807) is 18.2 Å².